The van der Waals surface area contributed by atoms with Crippen LogP contribution in [0.5, 0.6) is 0 Å². The maximum atomic E-state index is 12.2. The first-order chi connectivity index (χ1) is 24.2. The van der Waals surface area contributed by atoms with E-state index in [2.05, 4.69) is 15.0 Å². The van der Waals surface area contributed by atoms with Crippen molar-refractivity contribution in [1.29, 1.82) is 0 Å². The molecule has 1 aliphatic carbocycles. The quantitative estimate of drug-likeness (QED) is 0.0232. The van der Waals surface area contributed by atoms with Gasteiger partial charge in [0.15, 0.2) is 5.69 Å². The van der Waals surface area contributed by atoms with E-state index in [9.17, 15) is 54.2 Å². The molecular formula is C31H22N6Na3O12S3+. The van der Waals surface area contributed by atoms with Crippen LogP contribution in [0.3, 0.4) is 0 Å². The van der Waals surface area contributed by atoms with Crippen LogP contribution in [0.4, 0.5) is 17.1 Å². The van der Waals surface area contributed by atoms with E-state index in [1.165, 1.54) is 36.4 Å². The molecule has 0 radical (unpaired) electrons. The zero-order valence-electron chi connectivity index (χ0n) is 29.2. The van der Waals surface area contributed by atoms with Gasteiger partial charge >= 0.3 is 94.4 Å². The molecule has 0 unspecified atom stereocenters. The summed E-state index contributed by atoms with van der Waals surface area (Å²) in [7, 11) is -15.2. The molecule has 3 N–H and O–H groups in total. The van der Waals surface area contributed by atoms with Crippen molar-refractivity contribution in [3.63, 3.8) is 0 Å². The fourth-order valence-corrected chi connectivity index (χ4v) is 6.97. The molecule has 0 aliphatic heterocycles. The molecule has 268 valence electrons. The maximum Gasteiger partial charge on any atom is 1.00 e. The molecule has 0 saturated carbocycles. The maximum absolute atomic E-state index is 12.2. The Kier molecular flexibility index (Phi) is 16.7. The van der Waals surface area contributed by atoms with E-state index >= 15 is 0 Å². The summed E-state index contributed by atoms with van der Waals surface area (Å²) < 4.78 is 107. The Hall–Kier alpha value is -2.90. The Morgan fingerprint density at radius 1 is 0.764 bits per heavy atom. The zero-order chi connectivity index (χ0) is 38.2. The van der Waals surface area contributed by atoms with E-state index in [1.807, 2.05) is 0 Å². The van der Waals surface area contributed by atoms with Crippen LogP contribution in [0, 0.1) is 10.1 Å². The molecule has 18 nitrogen and oxygen atoms in total. The molecule has 5 rings (SSSR count). The molecule has 0 heterocycles. The van der Waals surface area contributed by atoms with Crippen LogP contribution in [-0.4, -0.2) is 65.3 Å². The topological polar surface area (TPSA) is 303 Å². The minimum absolute atomic E-state index is 0. The van der Waals surface area contributed by atoms with Gasteiger partial charge in [-0.3, -0.25) is 15.3 Å². The number of hydrogen-bond acceptors (Lipinski definition) is 16. The van der Waals surface area contributed by atoms with E-state index in [0.717, 1.165) is 42.5 Å². The van der Waals surface area contributed by atoms with E-state index in [-0.39, 0.29) is 139 Å². The third-order valence-electron chi connectivity index (χ3n) is 7.36. The summed E-state index contributed by atoms with van der Waals surface area (Å²) in [5, 5.41) is 30.7. The van der Waals surface area contributed by atoms with Gasteiger partial charge in [-0.2, -0.15) is 0 Å². The van der Waals surface area contributed by atoms with Gasteiger partial charge in [0.2, 0.25) is 0 Å². The average molecular weight is 836 g/mol. The molecule has 4 aromatic rings. The normalized spacial score (nSPS) is 13.8. The summed E-state index contributed by atoms with van der Waals surface area (Å²) in [6, 6.07) is 14.1. The number of allylic oxidation sites excluding steroid dienone is 3. The number of hydrazone groups is 1. The molecular weight excluding hydrogens is 814 g/mol. The number of fused-ring (bicyclic) bond motifs is 1. The van der Waals surface area contributed by atoms with Crippen LogP contribution in [0.1, 0.15) is 18.1 Å². The van der Waals surface area contributed by atoms with Crippen molar-refractivity contribution in [3.8, 4) is 0 Å². The molecule has 0 bridgehead atoms. The average Bonchev–Trinajstić information content (AvgIpc) is 3.06. The van der Waals surface area contributed by atoms with Crippen molar-refractivity contribution in [2.75, 3.05) is 5.17 Å². The number of nitro benzene ring substituents is 1. The minimum atomic E-state index is -5.23. The predicted molar refractivity (Wildman–Crippen MR) is 181 cm³/mol. The number of nitro groups is 1. The third-order valence-corrected chi connectivity index (χ3v) is 10.0. The van der Waals surface area contributed by atoms with E-state index in [4.69, 9.17) is 5.73 Å². The van der Waals surface area contributed by atoms with Crippen molar-refractivity contribution in [2.24, 2.45) is 15.9 Å². The van der Waals surface area contributed by atoms with Crippen LogP contribution in [0.15, 0.2) is 121 Å². The Bertz CT molecular complexity index is 2730. The monoisotopic (exact) mass is 835 g/mol. The van der Waals surface area contributed by atoms with E-state index in [1.54, 1.807) is 19.1 Å². The SMILES string of the molecule is CC1=CC(=[N+]=Nc2cccc3c(S(=O)(=O)[O-])cccc23)C(N)=CC1=NN(O)c1ccc(/C=C/c2ccc([N+](=O)[O-])cc2S(=O)(=O)[O-])c(S(=O)(=O)[O-])c1.[Na+].[Na+].[Na+]. The number of non-ortho nitro benzene ring substituents is 1. The molecule has 4 aromatic carbocycles. The first-order valence-corrected chi connectivity index (χ1v) is 18.5. The third kappa shape index (κ3) is 11.6. The fourth-order valence-electron chi connectivity index (χ4n) is 4.90. The second kappa shape index (κ2) is 19.0. The number of rotatable bonds is 9. The van der Waals surface area contributed by atoms with Crippen LogP contribution in [-0.2, 0) is 30.4 Å². The van der Waals surface area contributed by atoms with Crippen LogP contribution in [0.25, 0.3) is 22.9 Å². The van der Waals surface area contributed by atoms with E-state index < -0.39 is 55.7 Å². The van der Waals surface area contributed by atoms with Gasteiger partial charge in [0, 0.05) is 29.0 Å². The number of hydrogen-bond donors (Lipinski definition) is 2. The molecule has 0 spiro atoms. The Labute approximate surface area is 380 Å². The second-order valence-corrected chi connectivity index (χ2v) is 14.9. The number of anilines is 1. The summed E-state index contributed by atoms with van der Waals surface area (Å²) in [6.45, 7) is 1.57. The van der Waals surface area contributed by atoms with Gasteiger partial charge in [0.1, 0.15) is 41.2 Å². The molecule has 0 aromatic heterocycles. The minimum Gasteiger partial charge on any atom is -0.744 e. The summed E-state index contributed by atoms with van der Waals surface area (Å²) in [5.41, 5.74) is 5.45. The van der Waals surface area contributed by atoms with Gasteiger partial charge in [-0.1, -0.05) is 42.5 Å². The number of nitrogens with two attached hydrogens (primary N) is 1. The van der Waals surface area contributed by atoms with Crippen molar-refractivity contribution < 1.29 is 143 Å². The Balaban J connectivity index is 0.00000348. The predicted octanol–water partition coefficient (Wildman–Crippen LogP) is -5.57. The van der Waals surface area contributed by atoms with E-state index in [0.29, 0.717) is 17.0 Å². The molecule has 1 aliphatic rings. The van der Waals surface area contributed by atoms with Gasteiger partial charge in [0.25, 0.3) is 5.69 Å². The zero-order valence-corrected chi connectivity index (χ0v) is 37.7. The molecule has 0 amide bonds. The van der Waals surface area contributed by atoms with Crippen LogP contribution >= 0.6 is 0 Å². The standard InChI is InChI=1S/C31H24N6O12S3.3Na/c1-18-14-28(34-33-26-6-2-5-24-23(26)4-3-7-29(24)50(41,42)43)25(32)17-27(18)35-36(38)21-12-10-19(30(15-21)51(44,45)46)8-9-20-11-13-22(37(39)40)16-31(20)52(47,48)49;;;/h2-17H,32H2,1H3,(H3-,35,38,41,42,43,44,45,46,47,48,49);;;/q;3*+1/p-2/b9-8+;;;. The van der Waals surface area contributed by atoms with Gasteiger partial charge in [0.05, 0.1) is 35.8 Å². The number of nitrogens with zero attached hydrogens (tertiary/aromatic N) is 5. The first kappa shape index (κ1) is 48.2. The second-order valence-electron chi connectivity index (χ2n) is 10.8. The fraction of sp³-hybridized carbons (Fsp3) is 0.0323. The van der Waals surface area contributed by atoms with Crippen molar-refractivity contribution in [1.82, 2.24) is 0 Å². The van der Waals surface area contributed by atoms with Crippen molar-refractivity contribution in [3.05, 3.63) is 117 Å². The van der Waals surface area contributed by atoms with Gasteiger partial charge in [-0.25, -0.2) is 25.3 Å². The number of benzene rings is 4. The molecule has 0 atom stereocenters. The van der Waals surface area contributed by atoms with Crippen molar-refractivity contribution >= 4 is 81.8 Å². The summed E-state index contributed by atoms with van der Waals surface area (Å²) in [5.74, 6) is 0. The summed E-state index contributed by atoms with van der Waals surface area (Å²) >= 11 is 0. The van der Waals surface area contributed by atoms with Crippen LogP contribution < -0.4 is 99.6 Å². The van der Waals surface area contributed by atoms with Gasteiger partial charge in [-0.15, -0.1) is 10.3 Å². The molecule has 0 saturated heterocycles. The van der Waals surface area contributed by atoms with Gasteiger partial charge < -0.3 is 19.4 Å². The van der Waals surface area contributed by atoms with Crippen LogP contribution in [0.2, 0.25) is 0 Å². The smallest absolute Gasteiger partial charge is 0.744 e. The summed E-state index contributed by atoms with van der Waals surface area (Å²) in [6.07, 6.45) is 4.73. The largest absolute Gasteiger partial charge is 1.00 e. The van der Waals surface area contributed by atoms with Crippen molar-refractivity contribution in [2.45, 2.75) is 21.6 Å². The molecule has 55 heavy (non-hydrogen) atoms. The Morgan fingerprint density at radius 3 is 1.89 bits per heavy atom. The Morgan fingerprint density at radius 2 is 1.31 bits per heavy atom. The molecule has 0 fully saturated rings. The first-order valence-electron chi connectivity index (χ1n) is 14.3. The molecule has 24 heteroatoms. The van der Waals surface area contributed by atoms with Gasteiger partial charge in [-0.05, 0) is 60.0 Å². The summed E-state index contributed by atoms with van der Waals surface area (Å²) in [4.78, 5) is 12.0.